The first kappa shape index (κ1) is 29.2. The van der Waals surface area contributed by atoms with Crippen LogP contribution in [-0.4, -0.2) is 57.3 Å². The Morgan fingerprint density at radius 1 is 0.448 bits per heavy atom. The molecule has 0 unspecified atom stereocenters. The van der Waals surface area contributed by atoms with E-state index in [0.29, 0.717) is 39.6 Å². The molecule has 0 aromatic rings. The van der Waals surface area contributed by atoms with E-state index in [4.69, 9.17) is 26.6 Å². The van der Waals surface area contributed by atoms with Crippen LogP contribution in [0, 0.1) is 0 Å². The Kier molecular flexibility index (Phi) is 18.0. The third-order valence-electron chi connectivity index (χ3n) is 4.77. The summed E-state index contributed by atoms with van der Waals surface area (Å²) < 4.78 is 37.8. The van der Waals surface area contributed by atoms with E-state index < -0.39 is 17.6 Å². The zero-order valence-corrected chi connectivity index (χ0v) is 22.2. The van der Waals surface area contributed by atoms with Crippen molar-refractivity contribution >= 4 is 17.6 Å². The molecule has 0 aromatic carbocycles. The smallest absolute Gasteiger partial charge is 0.374 e. The Bertz CT molecular complexity index is 313. The first-order chi connectivity index (χ1) is 14.1. The van der Waals surface area contributed by atoms with E-state index in [9.17, 15) is 0 Å². The zero-order valence-electron chi connectivity index (χ0n) is 20.2. The summed E-state index contributed by atoms with van der Waals surface area (Å²) in [6.07, 6.45) is 8.22. The Labute approximate surface area is 182 Å². The number of unbranched alkanes of at least 4 members (excludes halogenated alkanes) is 5. The van der Waals surface area contributed by atoms with Gasteiger partial charge in [0, 0.05) is 39.6 Å². The molecule has 0 saturated heterocycles. The van der Waals surface area contributed by atoms with Crippen LogP contribution in [0.2, 0.25) is 5.16 Å². The van der Waals surface area contributed by atoms with Gasteiger partial charge in [0.1, 0.15) is 0 Å². The molecule has 0 atom stereocenters. The fraction of sp³-hybridized carbons (Fsp3) is 1.00. The van der Waals surface area contributed by atoms with Gasteiger partial charge in [-0.15, -0.1) is 0 Å². The van der Waals surface area contributed by atoms with E-state index in [0.717, 1.165) is 12.8 Å². The summed E-state index contributed by atoms with van der Waals surface area (Å²) in [4.78, 5) is 0. The molecule has 0 spiro atoms. The Morgan fingerprint density at radius 3 is 1.07 bits per heavy atom. The molecule has 0 rings (SSSR count). The van der Waals surface area contributed by atoms with Crippen LogP contribution in [0.3, 0.4) is 0 Å². The second kappa shape index (κ2) is 17.8. The first-order valence-electron chi connectivity index (χ1n) is 11.9. The van der Waals surface area contributed by atoms with Crippen LogP contribution in [-0.2, 0) is 26.6 Å². The first-order valence-corrected chi connectivity index (χ1v) is 15.5. The molecule has 0 aliphatic rings. The summed E-state index contributed by atoms with van der Waals surface area (Å²) in [5, 5.41) is -0.110. The van der Waals surface area contributed by atoms with Crippen LogP contribution in [0.4, 0.5) is 0 Å². The molecule has 0 bridgehead atoms. The van der Waals surface area contributed by atoms with Crippen LogP contribution in [0.15, 0.2) is 0 Å². The Morgan fingerprint density at radius 2 is 0.759 bits per heavy atom. The molecule has 8 heteroatoms. The lowest BCUT2D eigenvalue weighted by Gasteiger charge is -2.42. The van der Waals surface area contributed by atoms with Crippen molar-refractivity contribution in [2.45, 2.75) is 98.6 Å². The van der Waals surface area contributed by atoms with Gasteiger partial charge in [0.25, 0.3) is 0 Å². The molecule has 0 aliphatic carbocycles. The van der Waals surface area contributed by atoms with Crippen molar-refractivity contribution in [3.63, 3.8) is 0 Å². The third kappa shape index (κ3) is 9.90. The molecule has 0 aliphatic heterocycles. The van der Waals surface area contributed by atoms with Crippen LogP contribution in [0.1, 0.15) is 93.4 Å². The molecule has 0 radical (unpaired) electrons. The fourth-order valence-electron chi connectivity index (χ4n) is 3.76. The van der Waals surface area contributed by atoms with Crippen molar-refractivity contribution in [2.75, 3.05) is 39.6 Å². The monoisotopic (exact) mass is 452 g/mol. The van der Waals surface area contributed by atoms with Crippen molar-refractivity contribution in [3.8, 4) is 0 Å². The van der Waals surface area contributed by atoms with Crippen molar-refractivity contribution in [2.24, 2.45) is 0 Å². The van der Waals surface area contributed by atoms with Gasteiger partial charge in [0.15, 0.2) is 0 Å². The Balaban J connectivity index is 5.87. The number of rotatable bonds is 21. The second-order valence-electron chi connectivity index (χ2n) is 6.91. The highest BCUT2D eigenvalue weighted by Gasteiger charge is 2.65. The minimum Gasteiger partial charge on any atom is -0.374 e. The van der Waals surface area contributed by atoms with Gasteiger partial charge < -0.3 is 26.6 Å². The molecule has 176 valence electrons. The summed E-state index contributed by atoms with van der Waals surface area (Å²) in [7, 11) is -6.12. The number of hydrogen-bond acceptors (Lipinski definition) is 6. The topological polar surface area (TPSA) is 55.4 Å². The zero-order chi connectivity index (χ0) is 22.0. The lowest BCUT2D eigenvalue weighted by atomic mass is 10.1. The van der Waals surface area contributed by atoms with E-state index in [-0.39, 0.29) is 5.16 Å². The summed E-state index contributed by atoms with van der Waals surface area (Å²) >= 11 is 0. The lowest BCUT2D eigenvalue weighted by molar-refractivity contribution is 0.0310. The van der Waals surface area contributed by atoms with Gasteiger partial charge in [0.2, 0.25) is 0 Å². The lowest BCUT2D eigenvalue weighted by Crippen LogP contribution is -2.64. The molecule has 0 N–H and O–H groups in total. The van der Waals surface area contributed by atoms with Crippen molar-refractivity contribution < 1.29 is 26.6 Å². The molecule has 0 heterocycles. The van der Waals surface area contributed by atoms with E-state index in [1.54, 1.807) is 0 Å². The van der Waals surface area contributed by atoms with Crippen LogP contribution >= 0.6 is 0 Å². The minimum atomic E-state index is -3.06. The van der Waals surface area contributed by atoms with Gasteiger partial charge >= 0.3 is 17.6 Å². The average molecular weight is 453 g/mol. The molecule has 0 saturated carbocycles. The molecule has 0 aromatic heterocycles. The third-order valence-corrected chi connectivity index (χ3v) is 13.3. The van der Waals surface area contributed by atoms with Gasteiger partial charge in [-0.2, -0.15) is 0 Å². The van der Waals surface area contributed by atoms with Crippen molar-refractivity contribution in [3.05, 3.63) is 0 Å². The van der Waals surface area contributed by atoms with E-state index >= 15 is 0 Å². The SMILES string of the molecule is CCCCCCCCC([Si](OCC)(OCC)OCC)[Si](OCC)(OCC)OCC. The molecular formula is C21H48O6Si2. The standard InChI is InChI=1S/C21H48O6Si2/c1-8-15-16-17-18-19-20-21(28(22-9-2,23-10-3)24-11-4)29(25-12-5,26-13-6)27-14-7/h21H,8-20H2,1-7H3. The molecular weight excluding hydrogens is 404 g/mol. The predicted octanol–water partition coefficient (Wildman–Crippen LogP) is 5.74. The number of hydrogen-bond donors (Lipinski definition) is 0. The highest BCUT2D eigenvalue weighted by molar-refractivity contribution is 6.82. The van der Waals surface area contributed by atoms with E-state index in [2.05, 4.69) is 6.92 Å². The van der Waals surface area contributed by atoms with Gasteiger partial charge in [-0.05, 0) is 48.0 Å². The predicted molar refractivity (Wildman–Crippen MR) is 123 cm³/mol. The summed E-state index contributed by atoms with van der Waals surface area (Å²) in [6.45, 7) is 17.4. The highest BCUT2D eigenvalue weighted by atomic mass is 28.5. The van der Waals surface area contributed by atoms with Gasteiger partial charge in [-0.1, -0.05) is 45.4 Å². The highest BCUT2D eigenvalue weighted by Crippen LogP contribution is 2.41. The Hall–Kier alpha value is 0.194. The van der Waals surface area contributed by atoms with Gasteiger partial charge in [-0.25, -0.2) is 0 Å². The summed E-state index contributed by atoms with van der Waals surface area (Å²) in [6, 6.07) is 0. The molecule has 0 fully saturated rings. The van der Waals surface area contributed by atoms with E-state index in [1.165, 1.54) is 32.1 Å². The minimum absolute atomic E-state index is 0.110. The molecule has 0 amide bonds. The normalized spacial score (nSPS) is 12.8. The van der Waals surface area contributed by atoms with Crippen molar-refractivity contribution in [1.82, 2.24) is 0 Å². The largest absolute Gasteiger partial charge is 0.508 e. The van der Waals surface area contributed by atoms with Crippen LogP contribution < -0.4 is 0 Å². The van der Waals surface area contributed by atoms with Gasteiger partial charge in [-0.3, -0.25) is 0 Å². The van der Waals surface area contributed by atoms with E-state index in [1.807, 2.05) is 41.5 Å². The quantitative estimate of drug-likeness (QED) is 0.163. The average Bonchev–Trinajstić information content (AvgIpc) is 2.68. The summed E-state index contributed by atoms with van der Waals surface area (Å²) in [5.74, 6) is 0. The van der Waals surface area contributed by atoms with Gasteiger partial charge in [0.05, 0.1) is 5.16 Å². The van der Waals surface area contributed by atoms with Crippen LogP contribution in [0.5, 0.6) is 0 Å². The summed E-state index contributed by atoms with van der Waals surface area (Å²) in [5.41, 5.74) is 0. The molecule has 29 heavy (non-hydrogen) atoms. The maximum absolute atomic E-state index is 6.30. The maximum Gasteiger partial charge on any atom is 0.508 e. The molecule has 6 nitrogen and oxygen atoms in total. The second-order valence-corrected chi connectivity index (χ2v) is 13.0. The van der Waals surface area contributed by atoms with Crippen LogP contribution in [0.25, 0.3) is 0 Å². The maximum atomic E-state index is 6.30. The van der Waals surface area contributed by atoms with Crippen molar-refractivity contribution in [1.29, 1.82) is 0 Å². The fourth-order valence-corrected chi connectivity index (χ4v) is 12.2.